The molecule has 0 fully saturated rings. The zero-order chi connectivity index (χ0) is 14.4. The van der Waals surface area contributed by atoms with Gasteiger partial charge in [0.05, 0.1) is 0 Å². The van der Waals surface area contributed by atoms with Crippen molar-refractivity contribution >= 4 is 23.4 Å². The van der Waals surface area contributed by atoms with Crippen LogP contribution in [0.5, 0.6) is 0 Å². The van der Waals surface area contributed by atoms with Crippen molar-refractivity contribution in [3.05, 3.63) is 65.2 Å². The van der Waals surface area contributed by atoms with Crippen LogP contribution >= 0.6 is 23.4 Å². The molecule has 20 heavy (non-hydrogen) atoms. The second kappa shape index (κ2) is 7.14. The molecular formula is C16H18ClNOS. The highest BCUT2D eigenvalue weighted by atomic mass is 35.5. The highest BCUT2D eigenvalue weighted by Gasteiger charge is 2.26. The smallest absolute Gasteiger partial charge is 0.103 e. The number of halogens is 1. The van der Waals surface area contributed by atoms with Gasteiger partial charge in [-0.05, 0) is 30.2 Å². The normalized spacial score (nSPS) is 13.9. The van der Waals surface area contributed by atoms with E-state index in [-0.39, 0.29) is 6.54 Å². The summed E-state index contributed by atoms with van der Waals surface area (Å²) in [7, 11) is 0. The number of aliphatic hydroxyl groups is 1. The van der Waals surface area contributed by atoms with E-state index in [0.717, 1.165) is 21.2 Å². The molecule has 0 spiro atoms. The molecule has 0 aliphatic carbocycles. The Morgan fingerprint density at radius 1 is 1.10 bits per heavy atom. The fourth-order valence-electron chi connectivity index (χ4n) is 2.01. The van der Waals surface area contributed by atoms with Crippen LogP contribution in [-0.4, -0.2) is 17.4 Å². The van der Waals surface area contributed by atoms with Crippen molar-refractivity contribution in [3.8, 4) is 0 Å². The zero-order valence-electron chi connectivity index (χ0n) is 11.1. The molecule has 0 saturated heterocycles. The SMILES string of the molecule is NCC(O)(CCSc1cccc(Cl)c1)c1ccccc1. The lowest BCUT2D eigenvalue weighted by Gasteiger charge is -2.27. The maximum Gasteiger partial charge on any atom is 0.103 e. The minimum atomic E-state index is -0.965. The van der Waals surface area contributed by atoms with Gasteiger partial charge in [0.15, 0.2) is 0 Å². The molecule has 0 saturated carbocycles. The van der Waals surface area contributed by atoms with E-state index in [4.69, 9.17) is 17.3 Å². The molecule has 0 amide bonds. The maximum atomic E-state index is 10.7. The van der Waals surface area contributed by atoms with Gasteiger partial charge in [-0.15, -0.1) is 11.8 Å². The summed E-state index contributed by atoms with van der Waals surface area (Å²) in [5.41, 5.74) is 5.67. The lowest BCUT2D eigenvalue weighted by molar-refractivity contribution is 0.0431. The fraction of sp³-hybridized carbons (Fsp3) is 0.250. The van der Waals surface area contributed by atoms with Crippen LogP contribution in [0.25, 0.3) is 0 Å². The third kappa shape index (κ3) is 4.00. The quantitative estimate of drug-likeness (QED) is 0.800. The maximum absolute atomic E-state index is 10.7. The molecule has 1 unspecified atom stereocenters. The molecule has 2 aromatic carbocycles. The number of rotatable bonds is 6. The van der Waals surface area contributed by atoms with Crippen LogP contribution in [0.1, 0.15) is 12.0 Å². The topological polar surface area (TPSA) is 46.2 Å². The van der Waals surface area contributed by atoms with Gasteiger partial charge in [-0.2, -0.15) is 0 Å². The molecule has 2 nitrogen and oxygen atoms in total. The van der Waals surface area contributed by atoms with Gasteiger partial charge in [0.1, 0.15) is 5.60 Å². The molecule has 0 aliphatic rings. The Hall–Kier alpha value is -1.00. The van der Waals surface area contributed by atoms with Gasteiger partial charge in [-0.1, -0.05) is 48.0 Å². The first kappa shape index (κ1) is 15.4. The Bertz CT molecular complexity index is 549. The van der Waals surface area contributed by atoms with Crippen molar-refractivity contribution in [3.63, 3.8) is 0 Å². The monoisotopic (exact) mass is 307 g/mol. The Kier molecular flexibility index (Phi) is 5.49. The van der Waals surface area contributed by atoms with E-state index in [1.54, 1.807) is 11.8 Å². The van der Waals surface area contributed by atoms with Crippen LogP contribution in [0.2, 0.25) is 5.02 Å². The Morgan fingerprint density at radius 2 is 1.85 bits per heavy atom. The summed E-state index contributed by atoms with van der Waals surface area (Å²) < 4.78 is 0. The van der Waals surface area contributed by atoms with Crippen molar-refractivity contribution in [1.29, 1.82) is 0 Å². The second-order valence-corrected chi connectivity index (χ2v) is 6.26. The molecule has 3 N–H and O–H groups in total. The van der Waals surface area contributed by atoms with E-state index in [1.165, 1.54) is 0 Å². The van der Waals surface area contributed by atoms with Crippen LogP contribution in [0.3, 0.4) is 0 Å². The standard InChI is InChI=1S/C16H18ClNOS/c17-14-7-4-8-15(11-14)20-10-9-16(19,12-18)13-5-2-1-3-6-13/h1-8,11,19H,9-10,12,18H2. The minimum absolute atomic E-state index is 0.215. The summed E-state index contributed by atoms with van der Waals surface area (Å²) in [6.07, 6.45) is 0.602. The molecule has 0 heterocycles. The Balaban J connectivity index is 1.98. The molecule has 1 atom stereocenters. The van der Waals surface area contributed by atoms with E-state index in [1.807, 2.05) is 54.6 Å². The lowest BCUT2D eigenvalue weighted by atomic mass is 9.91. The van der Waals surface area contributed by atoms with Crippen molar-refractivity contribution in [2.24, 2.45) is 5.73 Å². The molecule has 2 rings (SSSR count). The first-order valence-corrected chi connectivity index (χ1v) is 7.87. The molecular weight excluding hydrogens is 290 g/mol. The van der Waals surface area contributed by atoms with E-state index < -0.39 is 5.60 Å². The predicted molar refractivity (Wildman–Crippen MR) is 86.2 cm³/mol. The Morgan fingerprint density at radius 3 is 2.50 bits per heavy atom. The van der Waals surface area contributed by atoms with E-state index >= 15 is 0 Å². The third-order valence-electron chi connectivity index (χ3n) is 3.23. The summed E-state index contributed by atoms with van der Waals surface area (Å²) in [6, 6.07) is 17.3. The molecule has 0 aliphatic heterocycles. The van der Waals surface area contributed by atoms with Gasteiger partial charge < -0.3 is 10.8 Å². The summed E-state index contributed by atoms with van der Waals surface area (Å²) in [5.74, 6) is 0.781. The number of nitrogens with two attached hydrogens (primary N) is 1. The number of hydrogen-bond donors (Lipinski definition) is 2. The lowest BCUT2D eigenvalue weighted by Crippen LogP contribution is -2.35. The van der Waals surface area contributed by atoms with Gasteiger partial charge in [0, 0.05) is 22.2 Å². The summed E-state index contributed by atoms with van der Waals surface area (Å²) in [4.78, 5) is 1.10. The largest absolute Gasteiger partial charge is 0.384 e. The van der Waals surface area contributed by atoms with E-state index in [0.29, 0.717) is 6.42 Å². The molecule has 0 aromatic heterocycles. The van der Waals surface area contributed by atoms with Gasteiger partial charge >= 0.3 is 0 Å². The molecule has 0 radical (unpaired) electrons. The Labute approximate surface area is 129 Å². The zero-order valence-corrected chi connectivity index (χ0v) is 12.7. The van der Waals surface area contributed by atoms with Crippen LogP contribution in [0, 0.1) is 0 Å². The molecule has 2 aromatic rings. The average molecular weight is 308 g/mol. The van der Waals surface area contributed by atoms with Gasteiger partial charge in [-0.3, -0.25) is 0 Å². The number of thioether (sulfide) groups is 1. The molecule has 0 bridgehead atoms. The van der Waals surface area contributed by atoms with Crippen LogP contribution < -0.4 is 5.73 Å². The number of benzene rings is 2. The van der Waals surface area contributed by atoms with Crippen molar-refractivity contribution in [2.75, 3.05) is 12.3 Å². The highest BCUT2D eigenvalue weighted by molar-refractivity contribution is 7.99. The van der Waals surface area contributed by atoms with Crippen LogP contribution in [0.15, 0.2) is 59.5 Å². The summed E-state index contributed by atoms with van der Waals surface area (Å²) in [6.45, 7) is 0.215. The first-order valence-electron chi connectivity index (χ1n) is 6.50. The van der Waals surface area contributed by atoms with E-state index in [9.17, 15) is 5.11 Å². The second-order valence-electron chi connectivity index (χ2n) is 4.66. The number of hydrogen-bond acceptors (Lipinski definition) is 3. The predicted octanol–water partition coefficient (Wildman–Crippen LogP) is 3.67. The molecule has 4 heteroatoms. The fourth-order valence-corrected chi connectivity index (χ4v) is 3.32. The van der Waals surface area contributed by atoms with Crippen LogP contribution in [0.4, 0.5) is 0 Å². The minimum Gasteiger partial charge on any atom is -0.384 e. The highest BCUT2D eigenvalue weighted by Crippen LogP contribution is 2.29. The van der Waals surface area contributed by atoms with Crippen molar-refractivity contribution in [2.45, 2.75) is 16.9 Å². The van der Waals surface area contributed by atoms with Gasteiger partial charge in [-0.25, -0.2) is 0 Å². The third-order valence-corrected chi connectivity index (χ3v) is 4.46. The van der Waals surface area contributed by atoms with Crippen molar-refractivity contribution < 1.29 is 5.11 Å². The first-order chi connectivity index (χ1) is 9.64. The summed E-state index contributed by atoms with van der Waals surface area (Å²) >= 11 is 7.63. The van der Waals surface area contributed by atoms with E-state index in [2.05, 4.69) is 0 Å². The van der Waals surface area contributed by atoms with Gasteiger partial charge in [0.2, 0.25) is 0 Å². The average Bonchev–Trinajstić information content (AvgIpc) is 2.48. The van der Waals surface area contributed by atoms with Gasteiger partial charge in [0.25, 0.3) is 0 Å². The van der Waals surface area contributed by atoms with Crippen LogP contribution in [-0.2, 0) is 5.60 Å². The molecule has 106 valence electrons. The van der Waals surface area contributed by atoms with Crippen molar-refractivity contribution in [1.82, 2.24) is 0 Å². The summed E-state index contributed by atoms with van der Waals surface area (Å²) in [5, 5.41) is 11.4.